The van der Waals surface area contributed by atoms with Crippen LogP contribution in [0.15, 0.2) is 109 Å². The van der Waals surface area contributed by atoms with Gasteiger partial charge in [-0.1, -0.05) is 109 Å². The first kappa shape index (κ1) is 19.1. The first-order valence-electron chi connectivity index (χ1n) is 13.0. The lowest BCUT2D eigenvalue weighted by atomic mass is 9.57. The highest BCUT2D eigenvalue weighted by Gasteiger charge is 2.56. The van der Waals surface area contributed by atoms with Crippen molar-refractivity contribution in [1.29, 1.82) is 0 Å². The second-order valence-corrected chi connectivity index (χ2v) is 11.1. The van der Waals surface area contributed by atoms with Gasteiger partial charge >= 0.3 is 0 Å². The van der Waals surface area contributed by atoms with Crippen molar-refractivity contribution in [3.8, 4) is 22.3 Å². The third-order valence-corrected chi connectivity index (χ3v) is 9.64. The molecule has 0 spiro atoms. The molecule has 168 valence electrons. The van der Waals surface area contributed by atoms with E-state index in [1.807, 2.05) is 0 Å². The molecule has 0 saturated carbocycles. The minimum atomic E-state index is -0.190. The first-order chi connectivity index (χ1) is 17.6. The van der Waals surface area contributed by atoms with Crippen LogP contribution in [0.4, 0.5) is 0 Å². The predicted molar refractivity (Wildman–Crippen MR) is 150 cm³/mol. The molecule has 0 aromatic heterocycles. The maximum atomic E-state index is 2.49. The van der Waals surface area contributed by atoms with Gasteiger partial charge < -0.3 is 0 Å². The van der Waals surface area contributed by atoms with Gasteiger partial charge in [0.15, 0.2) is 0 Å². The molecular formula is C36H24. The average Bonchev–Trinajstić information content (AvgIpc) is 3.36. The van der Waals surface area contributed by atoms with Crippen molar-refractivity contribution in [2.75, 3.05) is 0 Å². The van der Waals surface area contributed by atoms with Gasteiger partial charge in [-0.15, -0.1) is 0 Å². The Labute approximate surface area is 210 Å². The number of hydrogen-bond donors (Lipinski definition) is 0. The van der Waals surface area contributed by atoms with Crippen LogP contribution < -0.4 is 0 Å². The van der Waals surface area contributed by atoms with Crippen LogP contribution in [0, 0.1) is 0 Å². The summed E-state index contributed by atoms with van der Waals surface area (Å²) in [5, 5.41) is 5.40. The molecule has 0 radical (unpaired) electrons. The number of fused-ring (bicyclic) bond motifs is 12. The van der Waals surface area contributed by atoms with E-state index in [9.17, 15) is 0 Å². The summed E-state index contributed by atoms with van der Waals surface area (Å²) in [6.07, 6.45) is 0. The van der Waals surface area contributed by atoms with E-state index in [4.69, 9.17) is 0 Å². The molecular weight excluding hydrogens is 432 g/mol. The highest BCUT2D eigenvalue weighted by molar-refractivity contribution is 6.04. The van der Waals surface area contributed by atoms with Crippen LogP contribution in [0.5, 0.6) is 0 Å². The Hall–Kier alpha value is -4.16. The topological polar surface area (TPSA) is 0 Å². The molecule has 0 bridgehead atoms. The van der Waals surface area contributed by atoms with Gasteiger partial charge in [-0.25, -0.2) is 0 Å². The van der Waals surface area contributed by atoms with Gasteiger partial charge in [-0.2, -0.15) is 0 Å². The van der Waals surface area contributed by atoms with Crippen LogP contribution >= 0.6 is 0 Å². The largest absolute Gasteiger partial charge is 0.0616 e. The zero-order chi connectivity index (χ0) is 23.8. The van der Waals surface area contributed by atoms with E-state index in [1.54, 1.807) is 0 Å². The van der Waals surface area contributed by atoms with Crippen molar-refractivity contribution in [3.63, 3.8) is 0 Å². The summed E-state index contributed by atoms with van der Waals surface area (Å²) in [6, 6.07) is 41.3. The van der Waals surface area contributed by atoms with Gasteiger partial charge in [0.2, 0.25) is 0 Å². The normalized spacial score (nSPS) is 21.8. The van der Waals surface area contributed by atoms with Crippen molar-refractivity contribution >= 4 is 21.5 Å². The fourth-order valence-corrected chi connectivity index (χ4v) is 8.32. The molecule has 0 nitrogen and oxygen atoms in total. The summed E-state index contributed by atoms with van der Waals surface area (Å²) in [6.45, 7) is 4.98. The van der Waals surface area contributed by atoms with Gasteiger partial charge in [0.25, 0.3) is 0 Å². The van der Waals surface area contributed by atoms with E-state index >= 15 is 0 Å². The Morgan fingerprint density at radius 3 is 1.25 bits per heavy atom. The van der Waals surface area contributed by atoms with Gasteiger partial charge in [-0.3, -0.25) is 0 Å². The second kappa shape index (κ2) is 5.97. The molecule has 0 amide bonds. The Kier molecular flexibility index (Phi) is 3.16. The quantitative estimate of drug-likeness (QED) is 0.214. The van der Waals surface area contributed by atoms with Crippen LogP contribution in [0.1, 0.15) is 47.2 Å². The molecule has 36 heavy (non-hydrogen) atoms. The van der Waals surface area contributed by atoms with E-state index in [-0.39, 0.29) is 10.8 Å². The summed E-state index contributed by atoms with van der Waals surface area (Å²) in [5.41, 5.74) is 14.1. The monoisotopic (exact) mass is 456 g/mol. The van der Waals surface area contributed by atoms with Gasteiger partial charge in [0.1, 0.15) is 0 Å². The zero-order valence-electron chi connectivity index (χ0n) is 20.4. The first-order valence-corrected chi connectivity index (χ1v) is 13.0. The minimum Gasteiger partial charge on any atom is -0.0616 e. The Bertz CT molecular complexity index is 1830. The van der Waals surface area contributed by atoms with E-state index in [2.05, 4.69) is 123 Å². The molecule has 2 atom stereocenters. The lowest BCUT2D eigenvalue weighted by molar-refractivity contribution is 0.594. The number of hydrogen-bond acceptors (Lipinski definition) is 0. The molecule has 0 heteroatoms. The molecule has 0 saturated heterocycles. The summed E-state index contributed by atoms with van der Waals surface area (Å²) < 4.78 is 0. The summed E-state index contributed by atoms with van der Waals surface area (Å²) in [4.78, 5) is 0. The van der Waals surface area contributed by atoms with Crippen LogP contribution in [0.25, 0.3) is 43.8 Å². The van der Waals surface area contributed by atoms with Gasteiger partial charge in [-0.05, 0) is 91.0 Å². The molecule has 0 unspecified atom stereocenters. The fraction of sp³-hybridized carbons (Fsp3) is 0.111. The van der Waals surface area contributed by atoms with Crippen LogP contribution in [-0.2, 0) is 10.8 Å². The molecule has 0 N–H and O–H groups in total. The predicted octanol–water partition coefficient (Wildman–Crippen LogP) is 8.98. The molecule has 0 fully saturated rings. The summed E-state index contributed by atoms with van der Waals surface area (Å²) in [5.74, 6) is 0. The highest BCUT2D eigenvalue weighted by Crippen LogP contribution is 2.67. The number of benzene rings is 6. The molecule has 9 rings (SSSR count). The van der Waals surface area contributed by atoms with Crippen molar-refractivity contribution in [2.24, 2.45) is 0 Å². The minimum absolute atomic E-state index is 0.190. The molecule has 0 aliphatic heterocycles. The van der Waals surface area contributed by atoms with E-state index in [0.29, 0.717) is 0 Å². The van der Waals surface area contributed by atoms with Crippen molar-refractivity contribution in [2.45, 2.75) is 24.7 Å². The maximum Gasteiger partial charge on any atom is 0.0448 e. The van der Waals surface area contributed by atoms with Crippen molar-refractivity contribution < 1.29 is 0 Å². The smallest absolute Gasteiger partial charge is 0.0448 e. The molecule has 3 aliphatic rings. The fourth-order valence-electron chi connectivity index (χ4n) is 8.32. The third-order valence-electron chi connectivity index (χ3n) is 9.64. The lowest BCUT2D eigenvalue weighted by Gasteiger charge is -2.44. The van der Waals surface area contributed by atoms with Gasteiger partial charge in [0, 0.05) is 10.8 Å². The molecule has 6 aromatic carbocycles. The standard InChI is InChI=1S/C36H24/c1-35-29-15-7-14-26-28-20-18-22-10-4-6-12-24(22)32(28)36(2,34(26)29)30-16-8-13-25(33(30)35)27-19-17-21-9-3-5-11-23(21)31(27)35/h3-20H,1-2H3/t35-,36-/m0/s1. The molecule has 0 heterocycles. The summed E-state index contributed by atoms with van der Waals surface area (Å²) in [7, 11) is 0. The van der Waals surface area contributed by atoms with Crippen LogP contribution in [-0.4, -0.2) is 0 Å². The SMILES string of the molecule is C[C@@]12c3cccc4c3[C@@](C)(c3cccc(c31)-c1ccc3ccccc3c12)c1c-4ccc2ccccc12. The third kappa shape index (κ3) is 1.85. The molecule has 3 aliphatic carbocycles. The summed E-state index contributed by atoms with van der Waals surface area (Å²) >= 11 is 0. The average molecular weight is 457 g/mol. The lowest BCUT2D eigenvalue weighted by Crippen LogP contribution is -2.38. The maximum absolute atomic E-state index is 2.49. The second-order valence-electron chi connectivity index (χ2n) is 11.1. The van der Waals surface area contributed by atoms with Gasteiger partial charge in [0.05, 0.1) is 0 Å². The van der Waals surface area contributed by atoms with E-state index in [0.717, 1.165) is 0 Å². The Balaban J connectivity index is 1.52. The van der Waals surface area contributed by atoms with Crippen molar-refractivity contribution in [1.82, 2.24) is 0 Å². The van der Waals surface area contributed by atoms with Crippen molar-refractivity contribution in [3.05, 3.63) is 143 Å². The highest BCUT2D eigenvalue weighted by atomic mass is 14.6. The number of rotatable bonds is 0. The van der Waals surface area contributed by atoms with Crippen LogP contribution in [0.3, 0.4) is 0 Å². The molecule has 6 aromatic rings. The van der Waals surface area contributed by atoms with E-state index in [1.165, 1.54) is 77.2 Å². The Morgan fingerprint density at radius 2 is 0.778 bits per heavy atom. The Morgan fingerprint density at radius 1 is 0.361 bits per heavy atom. The zero-order valence-corrected chi connectivity index (χ0v) is 20.4. The van der Waals surface area contributed by atoms with Crippen LogP contribution in [0.2, 0.25) is 0 Å². The van der Waals surface area contributed by atoms with E-state index < -0.39 is 0 Å².